The van der Waals surface area contributed by atoms with Gasteiger partial charge < -0.3 is 29.0 Å². The van der Waals surface area contributed by atoms with Gasteiger partial charge in [-0.3, -0.25) is 9.69 Å². The molecule has 2 heterocycles. The number of amides is 2. The van der Waals surface area contributed by atoms with Gasteiger partial charge in [0.05, 0.1) is 19.3 Å². The van der Waals surface area contributed by atoms with Crippen LogP contribution in [0.5, 0.6) is 5.75 Å². The van der Waals surface area contributed by atoms with Crippen molar-refractivity contribution in [1.29, 1.82) is 0 Å². The van der Waals surface area contributed by atoms with Gasteiger partial charge in [-0.2, -0.15) is 0 Å². The molecular weight excluding hydrogens is 504 g/mol. The summed E-state index contributed by atoms with van der Waals surface area (Å²) in [4.78, 5) is 40.2. The molecule has 1 saturated heterocycles. The van der Waals surface area contributed by atoms with Crippen LogP contribution < -0.4 is 9.64 Å². The summed E-state index contributed by atoms with van der Waals surface area (Å²) in [6.45, 7) is 6.93. The predicted molar refractivity (Wildman–Crippen MR) is 145 cm³/mol. The van der Waals surface area contributed by atoms with Crippen LogP contribution in [-0.2, 0) is 20.8 Å². The SMILES string of the molecule is CO[C@@H]1c2cc(N3CCOC3=O)ccc2O[C@H](C(CC(=O)N(CCO)Cc2ccccc2)[Si](C)(C)O)[C@H]1C. The van der Waals surface area contributed by atoms with E-state index in [0.717, 1.165) is 11.1 Å². The first kappa shape index (κ1) is 28.1. The zero-order chi connectivity index (χ0) is 27.4. The normalized spacial score (nSPS) is 21.9. The third kappa shape index (κ3) is 6.04. The van der Waals surface area contributed by atoms with E-state index < -0.39 is 20.0 Å². The van der Waals surface area contributed by atoms with Crippen LogP contribution in [0.4, 0.5) is 10.5 Å². The number of aliphatic hydroxyl groups excluding tert-OH is 1. The van der Waals surface area contributed by atoms with E-state index in [4.69, 9.17) is 14.2 Å². The molecule has 0 spiro atoms. The number of nitrogens with zero attached hydrogens (tertiary/aromatic N) is 2. The molecule has 2 N–H and O–H groups in total. The number of carbonyl (C=O) groups is 2. The number of rotatable bonds is 10. The van der Waals surface area contributed by atoms with Crippen LogP contribution in [0.1, 0.15) is 30.6 Å². The Balaban J connectivity index is 1.59. The van der Waals surface area contributed by atoms with Crippen molar-refractivity contribution in [3.63, 3.8) is 0 Å². The molecule has 2 aromatic rings. The molecule has 4 atom stereocenters. The average Bonchev–Trinajstić information content (AvgIpc) is 3.32. The van der Waals surface area contributed by atoms with Crippen molar-refractivity contribution in [2.45, 2.75) is 50.7 Å². The second-order valence-corrected chi connectivity index (χ2v) is 14.6. The molecule has 2 aliphatic rings. The van der Waals surface area contributed by atoms with Gasteiger partial charge in [0.25, 0.3) is 0 Å². The highest BCUT2D eigenvalue weighted by Crippen LogP contribution is 2.47. The number of benzene rings is 2. The summed E-state index contributed by atoms with van der Waals surface area (Å²) in [5, 5.41) is 9.63. The molecule has 2 aliphatic heterocycles. The van der Waals surface area contributed by atoms with E-state index >= 15 is 0 Å². The van der Waals surface area contributed by atoms with E-state index in [1.807, 2.05) is 68.5 Å². The lowest BCUT2D eigenvalue weighted by atomic mass is 9.86. The number of ether oxygens (including phenoxy) is 3. The summed E-state index contributed by atoms with van der Waals surface area (Å²) < 4.78 is 17.5. The van der Waals surface area contributed by atoms with E-state index in [0.29, 0.717) is 31.1 Å². The average molecular weight is 543 g/mol. The lowest BCUT2D eigenvalue weighted by Crippen LogP contribution is -2.50. The second kappa shape index (κ2) is 11.9. The Morgan fingerprint density at radius 3 is 2.58 bits per heavy atom. The minimum atomic E-state index is -2.90. The number of fused-ring (bicyclic) bond motifs is 1. The lowest BCUT2D eigenvalue weighted by molar-refractivity contribution is -0.133. The summed E-state index contributed by atoms with van der Waals surface area (Å²) in [7, 11) is -1.27. The largest absolute Gasteiger partial charge is 0.490 e. The molecular formula is C28H38N2O7Si. The van der Waals surface area contributed by atoms with E-state index in [1.165, 1.54) is 0 Å². The molecule has 2 amide bonds. The van der Waals surface area contributed by atoms with Crippen molar-refractivity contribution in [1.82, 2.24) is 4.90 Å². The topological polar surface area (TPSA) is 109 Å². The van der Waals surface area contributed by atoms with Gasteiger partial charge in [-0.1, -0.05) is 37.3 Å². The van der Waals surface area contributed by atoms with E-state index in [9.17, 15) is 19.5 Å². The minimum absolute atomic E-state index is 0.0982. The molecule has 2 aromatic carbocycles. The van der Waals surface area contributed by atoms with E-state index in [2.05, 4.69) is 0 Å². The Morgan fingerprint density at radius 1 is 1.24 bits per heavy atom. The summed E-state index contributed by atoms with van der Waals surface area (Å²) in [6, 6.07) is 15.2. The molecule has 4 rings (SSSR count). The molecule has 0 bridgehead atoms. The number of aliphatic hydroxyl groups is 1. The molecule has 0 saturated carbocycles. The second-order valence-electron chi connectivity index (χ2n) is 10.6. The van der Waals surface area contributed by atoms with Crippen molar-refractivity contribution < 1.29 is 33.7 Å². The summed E-state index contributed by atoms with van der Waals surface area (Å²) in [6.07, 6.45) is -1.09. The van der Waals surface area contributed by atoms with Crippen molar-refractivity contribution >= 4 is 26.0 Å². The first-order chi connectivity index (χ1) is 18.1. The number of methoxy groups -OCH3 is 1. The number of hydrogen-bond acceptors (Lipinski definition) is 7. The molecule has 0 aromatic heterocycles. The minimum Gasteiger partial charge on any atom is -0.490 e. The zero-order valence-corrected chi connectivity index (χ0v) is 23.5. The molecule has 9 nitrogen and oxygen atoms in total. The smallest absolute Gasteiger partial charge is 0.414 e. The van der Waals surface area contributed by atoms with Crippen LogP contribution >= 0.6 is 0 Å². The van der Waals surface area contributed by atoms with Crippen molar-refractivity contribution in [3.05, 3.63) is 59.7 Å². The Hall–Kier alpha value is -2.92. The maximum atomic E-state index is 13.6. The highest BCUT2D eigenvalue weighted by atomic mass is 28.4. The fourth-order valence-corrected chi connectivity index (χ4v) is 7.31. The molecule has 10 heteroatoms. The number of cyclic esters (lactones) is 1. The fraction of sp³-hybridized carbons (Fsp3) is 0.500. The molecule has 206 valence electrons. The summed E-state index contributed by atoms with van der Waals surface area (Å²) in [5.41, 5.74) is 2.09. The predicted octanol–water partition coefficient (Wildman–Crippen LogP) is 3.71. The third-order valence-corrected chi connectivity index (χ3v) is 9.87. The molecule has 38 heavy (non-hydrogen) atoms. The third-order valence-electron chi connectivity index (χ3n) is 7.52. The summed E-state index contributed by atoms with van der Waals surface area (Å²) >= 11 is 0. The van der Waals surface area contributed by atoms with Crippen LogP contribution in [0.2, 0.25) is 18.6 Å². The first-order valence-corrected chi connectivity index (χ1v) is 16.1. The highest BCUT2D eigenvalue weighted by Gasteiger charge is 2.47. The lowest BCUT2D eigenvalue weighted by Gasteiger charge is -2.44. The van der Waals surface area contributed by atoms with Crippen molar-refractivity contribution in [3.8, 4) is 5.75 Å². The Morgan fingerprint density at radius 2 is 1.97 bits per heavy atom. The van der Waals surface area contributed by atoms with Gasteiger partial charge in [-0.25, -0.2) is 4.79 Å². The zero-order valence-electron chi connectivity index (χ0n) is 22.5. The van der Waals surface area contributed by atoms with Crippen LogP contribution in [0.3, 0.4) is 0 Å². The molecule has 0 aliphatic carbocycles. The number of hydrogen-bond donors (Lipinski definition) is 2. The first-order valence-electron chi connectivity index (χ1n) is 13.1. The van der Waals surface area contributed by atoms with E-state index in [1.54, 1.807) is 16.9 Å². The van der Waals surface area contributed by atoms with Crippen molar-refractivity contribution in [2.24, 2.45) is 5.92 Å². The van der Waals surface area contributed by atoms with E-state index in [-0.39, 0.29) is 43.6 Å². The fourth-order valence-electron chi connectivity index (χ4n) is 5.46. The Bertz CT molecular complexity index is 1120. The van der Waals surface area contributed by atoms with Gasteiger partial charge in [0.2, 0.25) is 5.91 Å². The maximum absolute atomic E-state index is 13.6. The maximum Gasteiger partial charge on any atom is 0.414 e. The molecule has 0 radical (unpaired) electrons. The van der Waals surface area contributed by atoms with Gasteiger partial charge in [-0.15, -0.1) is 0 Å². The molecule has 1 unspecified atom stereocenters. The molecule has 1 fully saturated rings. The Kier molecular flexibility index (Phi) is 8.77. The van der Waals surface area contributed by atoms with Gasteiger partial charge in [0.15, 0.2) is 8.32 Å². The van der Waals surface area contributed by atoms with Crippen LogP contribution in [0, 0.1) is 5.92 Å². The highest BCUT2D eigenvalue weighted by molar-refractivity contribution is 6.71. The monoisotopic (exact) mass is 542 g/mol. The quantitative estimate of drug-likeness (QED) is 0.441. The van der Waals surface area contributed by atoms with Gasteiger partial charge in [-0.05, 0) is 36.9 Å². The summed E-state index contributed by atoms with van der Waals surface area (Å²) in [5.74, 6) is 0.301. The Labute approximate surface area is 225 Å². The van der Waals surface area contributed by atoms with Crippen LogP contribution in [-0.4, -0.2) is 74.6 Å². The van der Waals surface area contributed by atoms with Gasteiger partial charge >= 0.3 is 6.09 Å². The van der Waals surface area contributed by atoms with Crippen molar-refractivity contribution in [2.75, 3.05) is 38.3 Å². The number of anilines is 1. The number of carbonyl (C=O) groups excluding carboxylic acids is 2. The van der Waals surface area contributed by atoms with Crippen LogP contribution in [0.25, 0.3) is 0 Å². The van der Waals surface area contributed by atoms with Gasteiger partial charge in [0.1, 0.15) is 18.5 Å². The van der Waals surface area contributed by atoms with Crippen LogP contribution in [0.15, 0.2) is 48.5 Å². The van der Waals surface area contributed by atoms with Gasteiger partial charge in [0, 0.05) is 49.3 Å². The standard InChI is InChI=1S/C28H38N2O7Si/c1-19-26(35-2)22-16-21(30-13-15-36-28(30)33)10-11-23(22)37-27(19)24(38(3,4)34)17-25(32)29(12-14-31)18-20-8-6-5-7-9-20/h5-11,16,19,24,26-27,31,34H,12-15,17-18H2,1-4H3/t19-,24?,26-,27-/m0/s1.